The van der Waals surface area contributed by atoms with E-state index in [9.17, 15) is 4.79 Å². The summed E-state index contributed by atoms with van der Waals surface area (Å²) >= 11 is 0. The van der Waals surface area contributed by atoms with Crippen LogP contribution in [0.1, 0.15) is 62.0 Å². The second-order valence-electron chi connectivity index (χ2n) is 8.67. The highest BCUT2D eigenvalue weighted by atomic mass is 16.5. The molecule has 0 radical (unpaired) electrons. The average Bonchev–Trinajstić information content (AvgIpc) is 2.95. The third kappa shape index (κ3) is 4.15. The maximum Gasteiger partial charge on any atom is 0.220 e. The van der Waals surface area contributed by atoms with Gasteiger partial charge in [-0.15, -0.1) is 0 Å². The second kappa shape index (κ2) is 8.15. The van der Waals surface area contributed by atoms with Crippen LogP contribution in [-0.4, -0.2) is 34.5 Å². The van der Waals surface area contributed by atoms with Crippen LogP contribution in [0.5, 0.6) is 5.75 Å². The zero-order valence-corrected chi connectivity index (χ0v) is 17.6. The monoisotopic (exact) mass is 393 g/mol. The third-order valence-corrected chi connectivity index (χ3v) is 6.48. The van der Waals surface area contributed by atoms with Gasteiger partial charge in [-0.05, 0) is 62.9 Å². The number of fused-ring (bicyclic) bond motifs is 1. The van der Waals surface area contributed by atoms with Crippen LogP contribution in [0.15, 0.2) is 42.5 Å². The summed E-state index contributed by atoms with van der Waals surface area (Å²) in [7, 11) is 1.71. The number of carbonyl (C=O) groups is 1. The van der Waals surface area contributed by atoms with Gasteiger partial charge in [-0.25, -0.2) is 0 Å². The maximum absolute atomic E-state index is 12.5. The number of rotatable bonds is 4. The van der Waals surface area contributed by atoms with Crippen molar-refractivity contribution in [3.05, 3.63) is 59.4 Å². The molecule has 2 saturated heterocycles. The standard InChI is InChI=1S/C24H31N3O2/c1-17-8-6-10-19(25-17)16-27-21(18-9-7-11-20(14-18)29-3)15-24(2)22(27)12-4-5-13-23(28)26-24/h6-11,14,21-22H,4-5,12-13,15-16H2,1-3H3,(H,26,28)/t21-,22-,24-/m0/s1. The molecule has 29 heavy (non-hydrogen) atoms. The number of aryl methyl sites for hydroxylation is 1. The van der Waals surface area contributed by atoms with Crippen LogP contribution >= 0.6 is 0 Å². The van der Waals surface area contributed by atoms with Crippen molar-refractivity contribution in [3.8, 4) is 5.75 Å². The largest absolute Gasteiger partial charge is 0.497 e. The van der Waals surface area contributed by atoms with E-state index < -0.39 is 0 Å². The Morgan fingerprint density at radius 3 is 2.86 bits per heavy atom. The van der Waals surface area contributed by atoms with E-state index in [4.69, 9.17) is 9.72 Å². The Labute approximate surface area is 173 Å². The molecule has 0 unspecified atom stereocenters. The normalized spacial score (nSPS) is 27.6. The van der Waals surface area contributed by atoms with Crippen molar-refractivity contribution in [1.82, 2.24) is 15.2 Å². The highest BCUT2D eigenvalue weighted by Crippen LogP contribution is 2.46. The van der Waals surface area contributed by atoms with E-state index in [0.29, 0.717) is 6.42 Å². The summed E-state index contributed by atoms with van der Waals surface area (Å²) < 4.78 is 5.48. The molecule has 0 saturated carbocycles. The van der Waals surface area contributed by atoms with E-state index in [1.165, 1.54) is 5.56 Å². The lowest BCUT2D eigenvalue weighted by Gasteiger charge is -2.38. The molecule has 2 aromatic rings. The maximum atomic E-state index is 12.5. The molecule has 3 atom stereocenters. The Morgan fingerprint density at radius 1 is 1.24 bits per heavy atom. The molecule has 1 aromatic heterocycles. The van der Waals surface area contributed by atoms with E-state index in [2.05, 4.69) is 47.5 Å². The molecule has 0 spiro atoms. The van der Waals surface area contributed by atoms with Crippen LogP contribution in [0, 0.1) is 6.92 Å². The van der Waals surface area contributed by atoms with Gasteiger partial charge in [0.1, 0.15) is 5.75 Å². The molecule has 5 nitrogen and oxygen atoms in total. The molecule has 3 heterocycles. The molecule has 1 amide bonds. The Morgan fingerprint density at radius 2 is 2.07 bits per heavy atom. The highest BCUT2D eigenvalue weighted by Gasteiger charge is 2.50. The van der Waals surface area contributed by atoms with Gasteiger partial charge in [0, 0.05) is 30.7 Å². The highest BCUT2D eigenvalue weighted by molar-refractivity contribution is 5.77. The first-order valence-corrected chi connectivity index (χ1v) is 10.6. The molecule has 1 aromatic carbocycles. The minimum absolute atomic E-state index is 0.178. The van der Waals surface area contributed by atoms with Gasteiger partial charge >= 0.3 is 0 Å². The predicted molar refractivity (Wildman–Crippen MR) is 114 cm³/mol. The summed E-state index contributed by atoms with van der Waals surface area (Å²) in [6, 6.07) is 15.1. The number of pyridine rings is 1. The van der Waals surface area contributed by atoms with Crippen molar-refractivity contribution in [2.75, 3.05) is 7.11 Å². The van der Waals surface area contributed by atoms with Gasteiger partial charge in [0.2, 0.25) is 5.91 Å². The lowest BCUT2D eigenvalue weighted by atomic mass is 9.85. The Hall–Kier alpha value is -2.40. The first kappa shape index (κ1) is 19.9. The molecular weight excluding hydrogens is 362 g/mol. The Balaban J connectivity index is 1.73. The number of carbonyl (C=O) groups excluding carboxylic acids is 1. The predicted octanol–water partition coefficient (Wildman–Crippen LogP) is 4.16. The molecule has 154 valence electrons. The van der Waals surface area contributed by atoms with Gasteiger partial charge in [0.25, 0.3) is 0 Å². The number of nitrogens with zero attached hydrogens (tertiary/aromatic N) is 2. The SMILES string of the molecule is COc1cccc([C@@H]2C[C@]3(C)NC(=O)CCCC[C@@H]3N2Cc2cccc(C)n2)c1. The zero-order valence-electron chi connectivity index (χ0n) is 17.6. The summed E-state index contributed by atoms with van der Waals surface area (Å²) in [6.45, 7) is 5.03. The fourth-order valence-electron chi connectivity index (χ4n) is 5.11. The third-order valence-electron chi connectivity index (χ3n) is 6.48. The number of amides is 1. The van der Waals surface area contributed by atoms with E-state index in [1.54, 1.807) is 7.11 Å². The van der Waals surface area contributed by atoms with E-state index in [-0.39, 0.29) is 23.5 Å². The van der Waals surface area contributed by atoms with Crippen LogP contribution in [0.3, 0.4) is 0 Å². The van der Waals surface area contributed by atoms with Crippen LogP contribution in [0.4, 0.5) is 0 Å². The minimum Gasteiger partial charge on any atom is -0.497 e. The van der Waals surface area contributed by atoms with Gasteiger partial charge in [-0.2, -0.15) is 0 Å². The Bertz CT molecular complexity index is 884. The van der Waals surface area contributed by atoms with Gasteiger partial charge in [0.15, 0.2) is 0 Å². The first-order chi connectivity index (χ1) is 14.0. The molecule has 2 fully saturated rings. The Kier molecular flexibility index (Phi) is 5.59. The topological polar surface area (TPSA) is 54.5 Å². The number of benzene rings is 1. The second-order valence-corrected chi connectivity index (χ2v) is 8.67. The molecule has 0 aliphatic carbocycles. The molecule has 1 N–H and O–H groups in total. The van der Waals surface area contributed by atoms with Crippen molar-refractivity contribution < 1.29 is 9.53 Å². The van der Waals surface area contributed by atoms with Crippen molar-refractivity contribution in [3.63, 3.8) is 0 Å². The molecular formula is C24H31N3O2. The number of ether oxygens (including phenoxy) is 1. The minimum atomic E-state index is -0.241. The first-order valence-electron chi connectivity index (χ1n) is 10.6. The van der Waals surface area contributed by atoms with Crippen LogP contribution in [-0.2, 0) is 11.3 Å². The number of methoxy groups -OCH3 is 1. The summed E-state index contributed by atoms with van der Waals surface area (Å²) in [5, 5.41) is 3.38. The van der Waals surface area contributed by atoms with Gasteiger partial charge in [-0.1, -0.05) is 24.6 Å². The molecule has 2 aliphatic rings. The summed E-state index contributed by atoms with van der Waals surface area (Å²) in [6.07, 6.45) is 4.64. The molecule has 5 heteroatoms. The average molecular weight is 394 g/mol. The van der Waals surface area contributed by atoms with Crippen molar-refractivity contribution in [2.45, 2.75) is 70.1 Å². The summed E-state index contributed by atoms with van der Waals surface area (Å²) in [5.74, 6) is 1.05. The number of aromatic nitrogens is 1. The van der Waals surface area contributed by atoms with Crippen LogP contribution in [0.25, 0.3) is 0 Å². The van der Waals surface area contributed by atoms with Crippen LogP contribution in [0.2, 0.25) is 0 Å². The lowest BCUT2D eigenvalue weighted by Crippen LogP contribution is -2.55. The molecule has 4 rings (SSSR count). The summed E-state index contributed by atoms with van der Waals surface area (Å²) in [5.41, 5.74) is 3.11. The van der Waals surface area contributed by atoms with Gasteiger partial charge in [0.05, 0.1) is 18.3 Å². The fraction of sp³-hybridized carbons (Fsp3) is 0.500. The fourth-order valence-corrected chi connectivity index (χ4v) is 5.11. The molecule has 2 aliphatic heterocycles. The van der Waals surface area contributed by atoms with Crippen molar-refractivity contribution in [1.29, 1.82) is 0 Å². The van der Waals surface area contributed by atoms with E-state index in [1.807, 2.05) is 19.1 Å². The number of nitrogens with one attached hydrogen (secondary N) is 1. The number of hydrogen-bond donors (Lipinski definition) is 1. The van der Waals surface area contributed by atoms with Gasteiger partial charge < -0.3 is 10.1 Å². The van der Waals surface area contributed by atoms with Crippen molar-refractivity contribution >= 4 is 5.91 Å². The van der Waals surface area contributed by atoms with Gasteiger partial charge in [-0.3, -0.25) is 14.7 Å². The summed E-state index contributed by atoms with van der Waals surface area (Å²) in [4.78, 5) is 19.8. The zero-order chi connectivity index (χ0) is 20.4. The quantitative estimate of drug-likeness (QED) is 0.847. The number of likely N-dealkylation sites (tertiary alicyclic amines) is 1. The van der Waals surface area contributed by atoms with E-state index in [0.717, 1.165) is 49.4 Å². The number of hydrogen-bond acceptors (Lipinski definition) is 4. The molecule has 0 bridgehead atoms. The van der Waals surface area contributed by atoms with Crippen molar-refractivity contribution in [2.24, 2.45) is 0 Å². The van der Waals surface area contributed by atoms with Crippen LogP contribution < -0.4 is 10.1 Å². The smallest absolute Gasteiger partial charge is 0.220 e. The lowest BCUT2D eigenvalue weighted by molar-refractivity contribution is -0.123. The van der Waals surface area contributed by atoms with E-state index >= 15 is 0 Å².